The third-order valence-electron chi connectivity index (χ3n) is 3.22. The summed E-state index contributed by atoms with van der Waals surface area (Å²) >= 11 is 0. The third-order valence-corrected chi connectivity index (χ3v) is 3.22. The lowest BCUT2D eigenvalue weighted by Crippen LogP contribution is -2.10. The number of hydrogen-bond donors (Lipinski definition) is 0. The van der Waals surface area contributed by atoms with Crippen LogP contribution >= 0.6 is 0 Å². The highest BCUT2D eigenvalue weighted by atomic mass is 16.6. The molecule has 0 bridgehead atoms. The van der Waals surface area contributed by atoms with E-state index in [0.29, 0.717) is 17.0 Å². The number of carbonyl (C=O) groups excluding carboxylic acids is 2. The second kappa shape index (κ2) is 6.21. The van der Waals surface area contributed by atoms with Crippen LogP contribution in [0, 0.1) is 10.1 Å². The van der Waals surface area contributed by atoms with Crippen LogP contribution in [-0.4, -0.2) is 21.2 Å². The molecule has 1 aromatic heterocycles. The maximum atomic E-state index is 12.4. The first kappa shape index (κ1) is 15.4. The van der Waals surface area contributed by atoms with Crippen LogP contribution in [0.4, 0.5) is 5.69 Å². The van der Waals surface area contributed by atoms with Gasteiger partial charge in [-0.2, -0.15) is 0 Å². The van der Waals surface area contributed by atoms with Gasteiger partial charge >= 0.3 is 5.97 Å². The number of nitrogens with zero attached hydrogens (tertiary/aromatic N) is 2. The van der Waals surface area contributed by atoms with E-state index in [-0.39, 0.29) is 18.1 Å². The minimum Gasteiger partial charge on any atom is -0.459 e. The van der Waals surface area contributed by atoms with Gasteiger partial charge in [0.1, 0.15) is 6.61 Å². The minimum atomic E-state index is -0.520. The normalized spacial score (nSPS) is 10.3. The number of ether oxygens (including phenoxy) is 1. The molecule has 0 spiro atoms. The first-order valence-corrected chi connectivity index (χ1v) is 6.47. The van der Waals surface area contributed by atoms with Crippen LogP contribution in [0.5, 0.6) is 0 Å². The first-order chi connectivity index (χ1) is 10.4. The number of carbonyl (C=O) groups is 2. The molecule has 0 fully saturated rings. The summed E-state index contributed by atoms with van der Waals surface area (Å²) in [5.74, 6) is -0.657. The largest absolute Gasteiger partial charge is 0.459 e. The number of nitro groups is 1. The second-order valence-electron chi connectivity index (χ2n) is 4.68. The van der Waals surface area contributed by atoms with Crippen molar-refractivity contribution in [2.45, 2.75) is 13.5 Å². The van der Waals surface area contributed by atoms with E-state index in [1.807, 2.05) is 0 Å². The summed E-state index contributed by atoms with van der Waals surface area (Å²) in [7, 11) is 1.69. The fourth-order valence-corrected chi connectivity index (χ4v) is 1.98. The van der Waals surface area contributed by atoms with Gasteiger partial charge in [0, 0.05) is 31.7 Å². The van der Waals surface area contributed by atoms with Crippen LogP contribution in [0.1, 0.15) is 28.7 Å². The van der Waals surface area contributed by atoms with Gasteiger partial charge in [-0.1, -0.05) is 0 Å². The molecule has 0 aliphatic rings. The number of benzene rings is 1. The highest BCUT2D eigenvalue weighted by Crippen LogP contribution is 2.17. The zero-order chi connectivity index (χ0) is 16.3. The van der Waals surface area contributed by atoms with Crippen LogP contribution in [0.25, 0.3) is 0 Å². The Labute approximate surface area is 126 Å². The van der Waals surface area contributed by atoms with Crippen molar-refractivity contribution in [2.24, 2.45) is 7.05 Å². The van der Waals surface area contributed by atoms with Gasteiger partial charge in [0.25, 0.3) is 5.69 Å². The molecule has 7 heteroatoms. The van der Waals surface area contributed by atoms with Gasteiger partial charge in [0.15, 0.2) is 0 Å². The van der Waals surface area contributed by atoms with E-state index in [1.54, 1.807) is 23.7 Å². The molecule has 1 aromatic carbocycles. The number of hydrogen-bond acceptors (Lipinski definition) is 5. The molecule has 0 amide bonds. The van der Waals surface area contributed by atoms with Crippen LogP contribution in [0.2, 0.25) is 0 Å². The number of rotatable bonds is 5. The van der Waals surface area contributed by atoms with Crippen molar-refractivity contribution in [1.82, 2.24) is 4.57 Å². The van der Waals surface area contributed by atoms with Gasteiger partial charge in [-0.3, -0.25) is 19.7 Å². The monoisotopic (exact) mass is 302 g/mol. The molecule has 0 atom stereocenters. The van der Waals surface area contributed by atoms with Gasteiger partial charge in [-0.15, -0.1) is 0 Å². The molecule has 22 heavy (non-hydrogen) atoms. The fraction of sp³-hybridized carbons (Fsp3) is 0.200. The van der Waals surface area contributed by atoms with Crippen molar-refractivity contribution in [3.63, 3.8) is 0 Å². The standard InChI is InChI=1S/C15H14N2O5/c1-10(18)22-9-13-7-8-14(16(13)2)15(19)11-3-5-12(6-4-11)17(20)21/h3-8H,9H2,1-2H3. The summed E-state index contributed by atoms with van der Waals surface area (Å²) < 4.78 is 6.54. The molecule has 0 aliphatic heterocycles. The van der Waals surface area contributed by atoms with E-state index in [1.165, 1.54) is 31.2 Å². The van der Waals surface area contributed by atoms with E-state index < -0.39 is 10.9 Å². The molecule has 0 saturated carbocycles. The molecule has 2 aromatic rings. The Bertz CT molecular complexity index is 731. The van der Waals surface area contributed by atoms with Crippen LogP contribution in [-0.2, 0) is 23.2 Å². The highest BCUT2D eigenvalue weighted by molar-refractivity contribution is 6.08. The molecular formula is C15H14N2O5. The number of aromatic nitrogens is 1. The van der Waals surface area contributed by atoms with Crippen LogP contribution < -0.4 is 0 Å². The third kappa shape index (κ3) is 3.20. The van der Waals surface area contributed by atoms with E-state index >= 15 is 0 Å². The van der Waals surface area contributed by atoms with E-state index in [4.69, 9.17) is 4.74 Å². The Morgan fingerprint density at radius 1 is 1.18 bits per heavy atom. The van der Waals surface area contributed by atoms with Gasteiger partial charge in [-0.05, 0) is 24.3 Å². The summed E-state index contributed by atoms with van der Waals surface area (Å²) in [4.78, 5) is 33.3. The van der Waals surface area contributed by atoms with Gasteiger partial charge in [0.05, 0.1) is 16.3 Å². The number of nitro benzene ring substituents is 1. The van der Waals surface area contributed by atoms with Gasteiger partial charge < -0.3 is 9.30 Å². The average molecular weight is 302 g/mol. The van der Waals surface area contributed by atoms with Crippen molar-refractivity contribution in [3.05, 3.63) is 63.5 Å². The quantitative estimate of drug-likeness (QED) is 0.365. The Hall–Kier alpha value is -2.96. The second-order valence-corrected chi connectivity index (χ2v) is 4.68. The summed E-state index contributed by atoms with van der Waals surface area (Å²) in [5, 5.41) is 10.6. The van der Waals surface area contributed by atoms with Crippen molar-refractivity contribution in [1.29, 1.82) is 0 Å². The molecule has 7 nitrogen and oxygen atoms in total. The molecule has 0 unspecified atom stereocenters. The predicted octanol–water partition coefficient (Wildman–Crippen LogP) is 2.23. The molecule has 0 aliphatic carbocycles. The topological polar surface area (TPSA) is 91.4 Å². The molecule has 0 N–H and O–H groups in total. The molecular weight excluding hydrogens is 288 g/mol. The van der Waals surface area contributed by atoms with Crippen molar-refractivity contribution >= 4 is 17.4 Å². The van der Waals surface area contributed by atoms with Crippen molar-refractivity contribution in [2.75, 3.05) is 0 Å². The zero-order valence-corrected chi connectivity index (χ0v) is 12.1. The van der Waals surface area contributed by atoms with E-state index in [9.17, 15) is 19.7 Å². The van der Waals surface area contributed by atoms with E-state index in [0.717, 1.165) is 0 Å². The van der Waals surface area contributed by atoms with Crippen LogP contribution in [0.3, 0.4) is 0 Å². The number of esters is 1. The maximum Gasteiger partial charge on any atom is 0.303 e. The van der Waals surface area contributed by atoms with Gasteiger partial charge in [-0.25, -0.2) is 0 Å². The lowest BCUT2D eigenvalue weighted by molar-refractivity contribution is -0.384. The predicted molar refractivity (Wildman–Crippen MR) is 77.4 cm³/mol. The Balaban J connectivity index is 2.22. The summed E-state index contributed by atoms with van der Waals surface area (Å²) in [5.41, 5.74) is 1.38. The molecule has 114 valence electrons. The van der Waals surface area contributed by atoms with Crippen molar-refractivity contribution < 1.29 is 19.2 Å². The zero-order valence-electron chi connectivity index (χ0n) is 12.1. The maximum absolute atomic E-state index is 12.4. The Morgan fingerprint density at radius 2 is 1.82 bits per heavy atom. The van der Waals surface area contributed by atoms with E-state index in [2.05, 4.69) is 0 Å². The van der Waals surface area contributed by atoms with Crippen molar-refractivity contribution in [3.8, 4) is 0 Å². The Morgan fingerprint density at radius 3 is 2.36 bits per heavy atom. The molecule has 0 saturated heterocycles. The minimum absolute atomic E-state index is 0.0704. The lowest BCUT2D eigenvalue weighted by atomic mass is 10.1. The summed E-state index contributed by atoms with van der Waals surface area (Å²) in [6.07, 6.45) is 0. The molecule has 2 rings (SSSR count). The van der Waals surface area contributed by atoms with Crippen LogP contribution in [0.15, 0.2) is 36.4 Å². The first-order valence-electron chi connectivity index (χ1n) is 6.47. The average Bonchev–Trinajstić information content (AvgIpc) is 2.85. The summed E-state index contributed by atoms with van der Waals surface area (Å²) in [6, 6.07) is 8.73. The summed E-state index contributed by atoms with van der Waals surface area (Å²) in [6.45, 7) is 1.39. The lowest BCUT2D eigenvalue weighted by Gasteiger charge is -2.07. The molecule has 0 radical (unpaired) electrons. The SMILES string of the molecule is CC(=O)OCc1ccc(C(=O)c2ccc([N+](=O)[O-])cc2)n1C. The number of non-ortho nitro benzene ring substituents is 1. The fourth-order valence-electron chi connectivity index (χ4n) is 1.98. The number of ketones is 1. The Kier molecular flexibility index (Phi) is 4.36. The smallest absolute Gasteiger partial charge is 0.303 e. The molecule has 1 heterocycles. The highest BCUT2D eigenvalue weighted by Gasteiger charge is 2.16. The van der Waals surface area contributed by atoms with Gasteiger partial charge in [0.2, 0.25) is 5.78 Å².